The van der Waals surface area contributed by atoms with E-state index < -0.39 is 0 Å². The van der Waals surface area contributed by atoms with E-state index in [0.717, 1.165) is 43.3 Å². The van der Waals surface area contributed by atoms with Gasteiger partial charge in [-0.2, -0.15) is 0 Å². The number of nitrogens with one attached hydrogen (secondary N) is 1. The number of imidazole rings is 1. The van der Waals surface area contributed by atoms with Gasteiger partial charge in [0.15, 0.2) is 5.82 Å². The minimum atomic E-state index is 0.637. The van der Waals surface area contributed by atoms with Crippen LogP contribution in [0.25, 0.3) is 22.4 Å². The van der Waals surface area contributed by atoms with Crippen molar-refractivity contribution in [3.05, 3.63) is 66.5 Å². The highest BCUT2D eigenvalue weighted by Crippen LogP contribution is 2.24. The molecule has 0 bridgehead atoms. The first-order chi connectivity index (χ1) is 13.7. The lowest BCUT2D eigenvalue weighted by Crippen LogP contribution is -2.20. The molecule has 1 aliphatic rings. The highest BCUT2D eigenvalue weighted by Gasteiger charge is 2.23. The van der Waals surface area contributed by atoms with Gasteiger partial charge in [0.1, 0.15) is 12.0 Å². The van der Waals surface area contributed by atoms with Crippen molar-refractivity contribution in [2.45, 2.75) is 19.4 Å². The fourth-order valence-electron chi connectivity index (χ4n) is 4.21. The van der Waals surface area contributed by atoms with Gasteiger partial charge in [0, 0.05) is 49.9 Å². The Morgan fingerprint density at radius 3 is 3.00 bits per heavy atom. The molecule has 1 unspecified atom stereocenters. The number of aryl methyl sites for hydroxylation is 1. The van der Waals surface area contributed by atoms with E-state index in [-0.39, 0.29) is 0 Å². The van der Waals surface area contributed by atoms with Crippen LogP contribution in [0, 0.1) is 5.92 Å². The first-order valence-corrected chi connectivity index (χ1v) is 9.81. The van der Waals surface area contributed by atoms with E-state index in [1.165, 1.54) is 22.9 Å². The van der Waals surface area contributed by atoms with Crippen molar-refractivity contribution in [3.63, 3.8) is 0 Å². The Bertz CT molecular complexity index is 1100. The number of likely N-dealkylation sites (tertiary alicyclic amines) is 1. The topological polar surface area (TPSA) is 62.6 Å². The number of nitrogens with zero attached hydrogens (tertiary/aromatic N) is 5. The van der Waals surface area contributed by atoms with Gasteiger partial charge in [-0.15, -0.1) is 0 Å². The quantitative estimate of drug-likeness (QED) is 0.583. The van der Waals surface area contributed by atoms with Gasteiger partial charge in [-0.1, -0.05) is 12.1 Å². The van der Waals surface area contributed by atoms with Crippen LogP contribution in [0.15, 0.2) is 55.2 Å². The van der Waals surface area contributed by atoms with Crippen molar-refractivity contribution < 1.29 is 0 Å². The second-order valence-electron chi connectivity index (χ2n) is 7.75. The summed E-state index contributed by atoms with van der Waals surface area (Å²) in [5, 5.41) is 1.27. The first kappa shape index (κ1) is 17.1. The Balaban J connectivity index is 1.23. The molecule has 1 aromatic carbocycles. The molecule has 0 saturated carbocycles. The van der Waals surface area contributed by atoms with E-state index in [0.29, 0.717) is 5.92 Å². The fraction of sp³-hybridized carbons (Fsp3) is 0.318. The van der Waals surface area contributed by atoms with Crippen LogP contribution < -0.4 is 0 Å². The molecule has 1 fully saturated rings. The molecule has 1 aliphatic heterocycles. The Morgan fingerprint density at radius 1 is 1.14 bits per heavy atom. The molecule has 0 amide bonds. The molecule has 6 nitrogen and oxygen atoms in total. The van der Waals surface area contributed by atoms with Gasteiger partial charge in [0.05, 0.1) is 0 Å². The van der Waals surface area contributed by atoms with Gasteiger partial charge in [-0.05, 0) is 54.5 Å². The molecule has 28 heavy (non-hydrogen) atoms. The van der Waals surface area contributed by atoms with E-state index >= 15 is 0 Å². The molecule has 1 atom stereocenters. The summed E-state index contributed by atoms with van der Waals surface area (Å²) in [7, 11) is 1.99. The van der Waals surface area contributed by atoms with Crippen LogP contribution in [0.1, 0.15) is 17.7 Å². The minimum absolute atomic E-state index is 0.637. The van der Waals surface area contributed by atoms with E-state index in [4.69, 9.17) is 0 Å². The van der Waals surface area contributed by atoms with Crippen LogP contribution >= 0.6 is 0 Å². The summed E-state index contributed by atoms with van der Waals surface area (Å²) in [5.41, 5.74) is 4.59. The standard InChI is InChI=1S/C22H24N6/c1-27-9-7-24-22(27)21-12-19(25-15-26-21)10-17-5-8-28(14-17)13-16-2-3-18-4-6-23-20(18)11-16/h2-4,6-7,9,11-12,15,17,23H,5,8,10,13-14H2,1H3. The zero-order valence-corrected chi connectivity index (χ0v) is 16.0. The molecule has 1 N–H and O–H groups in total. The molecule has 142 valence electrons. The van der Waals surface area contributed by atoms with Crippen molar-refractivity contribution >= 4 is 10.9 Å². The van der Waals surface area contributed by atoms with Gasteiger partial charge < -0.3 is 9.55 Å². The highest BCUT2D eigenvalue weighted by atomic mass is 15.1. The molecule has 6 heteroatoms. The molecule has 1 saturated heterocycles. The summed E-state index contributed by atoms with van der Waals surface area (Å²) in [6, 6.07) is 10.9. The summed E-state index contributed by atoms with van der Waals surface area (Å²) >= 11 is 0. The Hall–Kier alpha value is -2.99. The lowest BCUT2D eigenvalue weighted by atomic mass is 10.0. The van der Waals surface area contributed by atoms with E-state index in [1.807, 2.05) is 24.0 Å². The molecular formula is C22H24N6. The smallest absolute Gasteiger partial charge is 0.158 e. The number of rotatable bonds is 5. The van der Waals surface area contributed by atoms with Crippen molar-refractivity contribution in [3.8, 4) is 11.5 Å². The van der Waals surface area contributed by atoms with Crippen molar-refractivity contribution in [1.29, 1.82) is 0 Å². The van der Waals surface area contributed by atoms with Crippen molar-refractivity contribution in [2.24, 2.45) is 13.0 Å². The molecule has 4 aromatic rings. The van der Waals surface area contributed by atoms with Gasteiger partial charge in [0.2, 0.25) is 0 Å². The molecule has 4 heterocycles. The third-order valence-corrected chi connectivity index (χ3v) is 5.67. The predicted octanol–water partition coefficient (Wildman–Crippen LogP) is 3.42. The number of H-pyrrole nitrogens is 1. The number of benzene rings is 1. The van der Waals surface area contributed by atoms with Crippen molar-refractivity contribution in [2.75, 3.05) is 13.1 Å². The minimum Gasteiger partial charge on any atom is -0.361 e. The molecular weight excluding hydrogens is 348 g/mol. The zero-order valence-electron chi connectivity index (χ0n) is 16.0. The van der Waals surface area contributed by atoms with Gasteiger partial charge in [-0.3, -0.25) is 4.90 Å². The second-order valence-corrected chi connectivity index (χ2v) is 7.75. The van der Waals surface area contributed by atoms with Crippen LogP contribution in [0.2, 0.25) is 0 Å². The number of fused-ring (bicyclic) bond motifs is 1. The Labute approximate surface area is 164 Å². The first-order valence-electron chi connectivity index (χ1n) is 9.81. The third-order valence-electron chi connectivity index (χ3n) is 5.67. The summed E-state index contributed by atoms with van der Waals surface area (Å²) in [6.45, 7) is 3.27. The zero-order chi connectivity index (χ0) is 18.9. The number of aromatic amines is 1. The lowest BCUT2D eigenvalue weighted by molar-refractivity contribution is 0.316. The highest BCUT2D eigenvalue weighted by molar-refractivity contribution is 5.79. The van der Waals surface area contributed by atoms with E-state index in [9.17, 15) is 0 Å². The van der Waals surface area contributed by atoms with Crippen LogP contribution in [-0.4, -0.2) is 42.5 Å². The maximum Gasteiger partial charge on any atom is 0.158 e. The van der Waals surface area contributed by atoms with E-state index in [2.05, 4.69) is 55.2 Å². The van der Waals surface area contributed by atoms with E-state index in [1.54, 1.807) is 12.5 Å². The largest absolute Gasteiger partial charge is 0.361 e. The van der Waals surface area contributed by atoms with Crippen LogP contribution in [0.5, 0.6) is 0 Å². The van der Waals surface area contributed by atoms with Crippen LogP contribution in [0.4, 0.5) is 0 Å². The lowest BCUT2D eigenvalue weighted by Gasteiger charge is -2.16. The summed E-state index contributed by atoms with van der Waals surface area (Å²) in [5.74, 6) is 1.52. The third kappa shape index (κ3) is 3.43. The normalized spacial score (nSPS) is 17.5. The maximum atomic E-state index is 4.51. The number of aromatic nitrogens is 5. The molecule has 0 spiro atoms. The fourth-order valence-corrected chi connectivity index (χ4v) is 4.21. The Kier molecular flexibility index (Phi) is 4.41. The van der Waals surface area contributed by atoms with Crippen LogP contribution in [-0.2, 0) is 20.0 Å². The van der Waals surface area contributed by atoms with Gasteiger partial charge in [0.25, 0.3) is 0 Å². The summed E-state index contributed by atoms with van der Waals surface area (Å²) in [6.07, 6.45) is 9.62. The monoisotopic (exact) mass is 372 g/mol. The predicted molar refractivity (Wildman–Crippen MR) is 110 cm³/mol. The molecule has 5 rings (SSSR count). The number of hydrogen-bond acceptors (Lipinski definition) is 4. The summed E-state index contributed by atoms with van der Waals surface area (Å²) < 4.78 is 1.99. The second kappa shape index (κ2) is 7.20. The SMILES string of the molecule is Cn1ccnc1-c1cc(CC2CCN(Cc3ccc4cc[nH]c4c3)C2)ncn1. The van der Waals surface area contributed by atoms with Crippen LogP contribution in [0.3, 0.4) is 0 Å². The van der Waals surface area contributed by atoms with Gasteiger partial charge in [-0.25, -0.2) is 15.0 Å². The molecule has 3 aromatic heterocycles. The molecule has 0 aliphatic carbocycles. The molecule has 0 radical (unpaired) electrons. The summed E-state index contributed by atoms with van der Waals surface area (Å²) in [4.78, 5) is 19.2. The number of hydrogen-bond donors (Lipinski definition) is 1. The average Bonchev–Trinajstić information content (AvgIpc) is 3.43. The maximum absolute atomic E-state index is 4.51. The Morgan fingerprint density at radius 2 is 2.11 bits per heavy atom. The average molecular weight is 372 g/mol. The van der Waals surface area contributed by atoms with Gasteiger partial charge >= 0.3 is 0 Å². The van der Waals surface area contributed by atoms with Crippen molar-refractivity contribution in [1.82, 2.24) is 29.4 Å².